The number of likely N-dealkylation sites (tertiary alicyclic amines) is 1. The second kappa shape index (κ2) is 6.55. The Balaban J connectivity index is 1.21. The molecule has 9 heteroatoms. The van der Waals surface area contributed by atoms with Crippen LogP contribution in [0.2, 0.25) is 10.0 Å². The second-order valence-corrected chi connectivity index (χ2v) is 7.95. The van der Waals surface area contributed by atoms with Crippen LogP contribution in [0.3, 0.4) is 0 Å². The van der Waals surface area contributed by atoms with Crippen LogP contribution in [0.1, 0.15) is 18.4 Å². The number of halogens is 3. The molecule has 2 amide bonds. The Morgan fingerprint density at radius 3 is 2.58 bits per heavy atom. The molecule has 0 aromatic heterocycles. The minimum absolute atomic E-state index is 0.0385. The molecule has 2 saturated heterocycles. The Hall–Kier alpha value is -1.57. The first-order chi connectivity index (χ1) is 12.3. The van der Waals surface area contributed by atoms with Gasteiger partial charge in [-0.3, -0.25) is 4.79 Å². The van der Waals surface area contributed by atoms with Crippen LogP contribution in [0.25, 0.3) is 0 Å². The Kier molecular flexibility index (Phi) is 4.49. The summed E-state index contributed by atoms with van der Waals surface area (Å²) in [5.41, 5.74) is 0.336. The van der Waals surface area contributed by atoms with Gasteiger partial charge in [0, 0.05) is 19.0 Å². The zero-order valence-electron chi connectivity index (χ0n) is 13.8. The van der Waals surface area contributed by atoms with Crippen LogP contribution in [0.5, 0.6) is 0 Å². The first-order valence-electron chi connectivity index (χ1n) is 8.34. The number of carbonyl (C=O) groups is 2. The molecule has 3 aliphatic rings. The second-order valence-electron chi connectivity index (χ2n) is 7.14. The average Bonchev–Trinajstić information content (AvgIpc) is 2.91. The molecule has 140 valence electrons. The number of amides is 2. The van der Waals surface area contributed by atoms with E-state index in [9.17, 15) is 14.0 Å². The molecule has 0 radical (unpaired) electrons. The zero-order chi connectivity index (χ0) is 18.5. The van der Waals surface area contributed by atoms with Crippen molar-refractivity contribution in [1.82, 2.24) is 10.2 Å². The van der Waals surface area contributed by atoms with Crippen LogP contribution in [0, 0.1) is 11.7 Å². The van der Waals surface area contributed by atoms with Gasteiger partial charge in [0.2, 0.25) is 5.91 Å². The Bertz CT molecular complexity index is 740. The smallest absolute Gasteiger partial charge is 0.407 e. The van der Waals surface area contributed by atoms with Crippen molar-refractivity contribution < 1.29 is 23.5 Å². The van der Waals surface area contributed by atoms with Crippen LogP contribution >= 0.6 is 23.2 Å². The largest absolute Gasteiger partial charge is 0.447 e. The zero-order valence-corrected chi connectivity index (χ0v) is 15.3. The summed E-state index contributed by atoms with van der Waals surface area (Å²) in [4.78, 5) is 25.3. The van der Waals surface area contributed by atoms with Gasteiger partial charge in [0.1, 0.15) is 6.61 Å². The number of hydrogen-bond donors (Lipinski definition) is 1. The van der Waals surface area contributed by atoms with Gasteiger partial charge in [-0.15, -0.1) is 0 Å². The van der Waals surface area contributed by atoms with Crippen LogP contribution < -0.4 is 5.32 Å². The van der Waals surface area contributed by atoms with E-state index in [-0.39, 0.29) is 40.1 Å². The summed E-state index contributed by atoms with van der Waals surface area (Å²) < 4.78 is 24.0. The predicted octanol–water partition coefficient (Wildman–Crippen LogP) is 2.75. The van der Waals surface area contributed by atoms with E-state index in [1.807, 2.05) is 0 Å². The number of benzene rings is 1. The normalized spacial score (nSPS) is 27.7. The summed E-state index contributed by atoms with van der Waals surface area (Å²) in [5.74, 6) is -0.628. The highest BCUT2D eigenvalue weighted by Crippen LogP contribution is 2.42. The number of rotatable bonds is 4. The van der Waals surface area contributed by atoms with E-state index in [2.05, 4.69) is 5.32 Å². The molecule has 1 saturated carbocycles. The molecular formula is C17H17Cl2FN2O4. The standard InChI is InChI=1S/C17H17Cl2FN2O4/c18-12-1-9(2-13(19)14(12)20)7-25-11-5-22(6-11)15(23)10-3-17(4-10)8-26-16(24)21-17/h1-2,10-11H,3-8H2,(H,21,24)/t10-,17+. The van der Waals surface area contributed by atoms with Gasteiger partial charge in [-0.1, -0.05) is 23.2 Å². The lowest BCUT2D eigenvalue weighted by Gasteiger charge is -2.47. The van der Waals surface area contributed by atoms with Crippen LogP contribution in [0.4, 0.5) is 9.18 Å². The van der Waals surface area contributed by atoms with E-state index in [0.717, 1.165) is 0 Å². The summed E-state index contributed by atoms with van der Waals surface area (Å²) in [6.45, 7) is 1.63. The SMILES string of the molecule is O=C1N[C@]2(CO1)C[C@H](C(=O)N1CC(OCc3cc(Cl)c(F)c(Cl)c3)C1)C2. The summed E-state index contributed by atoms with van der Waals surface area (Å²) in [6.07, 6.45) is 0.762. The molecule has 2 heterocycles. The third-order valence-electron chi connectivity index (χ3n) is 5.16. The number of hydrogen-bond acceptors (Lipinski definition) is 4. The molecule has 26 heavy (non-hydrogen) atoms. The van der Waals surface area contributed by atoms with E-state index < -0.39 is 11.9 Å². The quantitative estimate of drug-likeness (QED) is 0.786. The fraction of sp³-hybridized carbons (Fsp3) is 0.529. The molecule has 0 bridgehead atoms. The first-order valence-corrected chi connectivity index (χ1v) is 9.09. The number of cyclic esters (lactones) is 1. The molecule has 1 N–H and O–H groups in total. The fourth-order valence-electron chi connectivity index (χ4n) is 3.66. The van der Waals surface area contributed by atoms with Gasteiger partial charge in [0.15, 0.2) is 5.82 Å². The van der Waals surface area contributed by atoms with E-state index in [0.29, 0.717) is 38.1 Å². The Labute approximate surface area is 159 Å². The molecule has 3 fully saturated rings. The molecule has 1 aromatic carbocycles. The molecule has 1 spiro atoms. The molecule has 2 aliphatic heterocycles. The topological polar surface area (TPSA) is 67.9 Å². The highest BCUT2D eigenvalue weighted by atomic mass is 35.5. The maximum Gasteiger partial charge on any atom is 0.407 e. The monoisotopic (exact) mass is 402 g/mol. The summed E-state index contributed by atoms with van der Waals surface area (Å²) >= 11 is 11.5. The van der Waals surface area contributed by atoms with E-state index in [1.165, 1.54) is 12.1 Å². The van der Waals surface area contributed by atoms with Gasteiger partial charge in [-0.25, -0.2) is 9.18 Å². The van der Waals surface area contributed by atoms with Crippen molar-refractivity contribution in [1.29, 1.82) is 0 Å². The summed E-state index contributed by atoms with van der Waals surface area (Å²) in [6, 6.07) is 2.96. The van der Waals surface area contributed by atoms with E-state index >= 15 is 0 Å². The van der Waals surface area contributed by atoms with Crippen molar-refractivity contribution in [3.8, 4) is 0 Å². The van der Waals surface area contributed by atoms with E-state index in [4.69, 9.17) is 32.7 Å². The lowest BCUT2D eigenvalue weighted by Crippen LogP contribution is -2.62. The third kappa shape index (κ3) is 3.23. The molecule has 4 rings (SSSR count). The van der Waals surface area contributed by atoms with Crippen LogP contribution in [-0.4, -0.2) is 48.2 Å². The van der Waals surface area contributed by atoms with Crippen LogP contribution in [-0.2, 0) is 20.9 Å². The average molecular weight is 403 g/mol. The van der Waals surface area contributed by atoms with Gasteiger partial charge in [0.05, 0.1) is 28.3 Å². The molecule has 1 aromatic rings. The highest BCUT2D eigenvalue weighted by molar-refractivity contribution is 6.34. The number of nitrogens with zero attached hydrogens (tertiary/aromatic N) is 1. The van der Waals surface area contributed by atoms with Crippen molar-refractivity contribution >= 4 is 35.2 Å². The molecule has 0 unspecified atom stereocenters. The van der Waals surface area contributed by atoms with Gasteiger partial charge >= 0.3 is 6.09 Å². The number of carbonyl (C=O) groups excluding carboxylic acids is 2. The van der Waals surface area contributed by atoms with Crippen molar-refractivity contribution in [2.45, 2.75) is 31.1 Å². The highest BCUT2D eigenvalue weighted by Gasteiger charge is 2.54. The molecule has 0 atom stereocenters. The minimum atomic E-state index is -0.639. The molecule has 6 nitrogen and oxygen atoms in total. The number of ether oxygens (including phenoxy) is 2. The summed E-state index contributed by atoms with van der Waals surface area (Å²) in [7, 11) is 0. The van der Waals surface area contributed by atoms with Gasteiger partial charge in [-0.2, -0.15) is 0 Å². The van der Waals surface area contributed by atoms with Crippen LogP contribution in [0.15, 0.2) is 12.1 Å². The maximum absolute atomic E-state index is 13.4. The van der Waals surface area contributed by atoms with Crippen molar-refractivity contribution in [3.05, 3.63) is 33.6 Å². The Morgan fingerprint density at radius 2 is 2.00 bits per heavy atom. The van der Waals surface area contributed by atoms with E-state index in [1.54, 1.807) is 4.90 Å². The number of nitrogens with one attached hydrogen (secondary N) is 1. The molecular weight excluding hydrogens is 386 g/mol. The lowest BCUT2D eigenvalue weighted by atomic mass is 9.68. The third-order valence-corrected chi connectivity index (χ3v) is 5.71. The Morgan fingerprint density at radius 1 is 1.35 bits per heavy atom. The predicted molar refractivity (Wildman–Crippen MR) is 91.5 cm³/mol. The number of alkyl carbamates (subject to hydrolysis) is 1. The fourth-order valence-corrected chi connectivity index (χ4v) is 4.19. The lowest BCUT2D eigenvalue weighted by molar-refractivity contribution is -0.155. The van der Waals surface area contributed by atoms with Crippen molar-refractivity contribution in [3.63, 3.8) is 0 Å². The molecule has 1 aliphatic carbocycles. The van der Waals surface area contributed by atoms with Crippen molar-refractivity contribution in [2.24, 2.45) is 5.92 Å². The maximum atomic E-state index is 13.4. The first kappa shape index (κ1) is 17.8. The van der Waals surface area contributed by atoms with Crippen molar-refractivity contribution in [2.75, 3.05) is 19.7 Å². The van der Waals surface area contributed by atoms with Gasteiger partial charge in [0.25, 0.3) is 0 Å². The van der Waals surface area contributed by atoms with Gasteiger partial charge < -0.3 is 19.7 Å². The van der Waals surface area contributed by atoms with Gasteiger partial charge in [-0.05, 0) is 30.5 Å². The summed E-state index contributed by atoms with van der Waals surface area (Å²) in [5, 5.41) is 2.70. The minimum Gasteiger partial charge on any atom is -0.447 e.